The Kier molecular flexibility index (Phi) is 4.93. The van der Waals surface area contributed by atoms with Crippen LogP contribution in [0.4, 0.5) is 4.79 Å². The van der Waals surface area contributed by atoms with Crippen LogP contribution in [0.5, 0.6) is 0 Å². The van der Waals surface area contributed by atoms with Gasteiger partial charge in [-0.3, -0.25) is 4.79 Å². The number of allylic oxidation sites excluding steroid dienone is 2. The minimum atomic E-state index is -0.460. The molecule has 1 amide bonds. The van der Waals surface area contributed by atoms with Gasteiger partial charge in [-0.1, -0.05) is 5.57 Å². The van der Waals surface area contributed by atoms with E-state index in [1.54, 1.807) is 13.0 Å². The van der Waals surface area contributed by atoms with E-state index in [9.17, 15) is 9.59 Å². The van der Waals surface area contributed by atoms with Crippen molar-refractivity contribution in [3.63, 3.8) is 0 Å². The maximum absolute atomic E-state index is 11.6. The molecular weight excluding hydrogens is 230 g/mol. The van der Waals surface area contributed by atoms with Gasteiger partial charge >= 0.3 is 6.09 Å². The molecule has 102 valence electrons. The van der Waals surface area contributed by atoms with Crippen molar-refractivity contribution in [1.82, 2.24) is 5.32 Å². The predicted molar refractivity (Wildman–Crippen MR) is 70.4 cm³/mol. The van der Waals surface area contributed by atoms with Crippen LogP contribution in [-0.2, 0) is 9.53 Å². The van der Waals surface area contributed by atoms with Crippen LogP contribution in [0, 0.1) is 0 Å². The van der Waals surface area contributed by atoms with Crippen molar-refractivity contribution in [2.24, 2.45) is 0 Å². The van der Waals surface area contributed by atoms with E-state index in [0.717, 1.165) is 25.7 Å². The van der Waals surface area contributed by atoms with Crippen LogP contribution in [0.3, 0.4) is 0 Å². The Morgan fingerprint density at radius 3 is 2.28 bits per heavy atom. The van der Waals surface area contributed by atoms with Gasteiger partial charge in [0.15, 0.2) is 5.78 Å². The summed E-state index contributed by atoms with van der Waals surface area (Å²) in [5, 5.41) is 2.88. The monoisotopic (exact) mass is 253 g/mol. The minimum absolute atomic E-state index is 0.101. The lowest BCUT2D eigenvalue weighted by Crippen LogP contribution is -2.40. The highest BCUT2D eigenvalue weighted by atomic mass is 16.6. The molecule has 18 heavy (non-hydrogen) atoms. The molecule has 0 aliphatic heterocycles. The molecule has 1 rings (SSSR count). The van der Waals surface area contributed by atoms with E-state index < -0.39 is 5.60 Å². The third kappa shape index (κ3) is 5.84. The smallest absolute Gasteiger partial charge is 0.407 e. The number of ether oxygens (including phenoxy) is 1. The Bertz CT molecular complexity index is 343. The van der Waals surface area contributed by atoms with E-state index in [-0.39, 0.29) is 17.9 Å². The number of rotatable bonds is 2. The molecule has 0 aromatic carbocycles. The van der Waals surface area contributed by atoms with Crippen LogP contribution >= 0.6 is 0 Å². The summed E-state index contributed by atoms with van der Waals surface area (Å²) in [6, 6.07) is 0.156. The van der Waals surface area contributed by atoms with Gasteiger partial charge in [0.2, 0.25) is 0 Å². The summed E-state index contributed by atoms with van der Waals surface area (Å²) in [7, 11) is 0. The molecule has 0 bridgehead atoms. The second kappa shape index (κ2) is 6.03. The van der Waals surface area contributed by atoms with E-state index in [2.05, 4.69) is 5.32 Å². The molecule has 0 atom stereocenters. The fourth-order valence-corrected chi connectivity index (χ4v) is 2.04. The molecule has 0 aromatic heterocycles. The first kappa shape index (κ1) is 14.7. The summed E-state index contributed by atoms with van der Waals surface area (Å²) in [6.45, 7) is 7.11. The molecule has 4 nitrogen and oxygen atoms in total. The molecule has 4 heteroatoms. The highest BCUT2D eigenvalue weighted by Gasteiger charge is 2.22. The number of ketones is 1. The first-order chi connectivity index (χ1) is 8.26. The van der Waals surface area contributed by atoms with Crippen LogP contribution in [0.1, 0.15) is 53.4 Å². The summed E-state index contributed by atoms with van der Waals surface area (Å²) in [5.74, 6) is 0.101. The lowest BCUT2D eigenvalue weighted by atomic mass is 9.90. The van der Waals surface area contributed by atoms with Gasteiger partial charge in [-0.2, -0.15) is 0 Å². The van der Waals surface area contributed by atoms with E-state index >= 15 is 0 Å². The second-order valence-corrected chi connectivity index (χ2v) is 5.83. The van der Waals surface area contributed by atoms with Crippen molar-refractivity contribution < 1.29 is 14.3 Å². The quantitative estimate of drug-likeness (QED) is 0.770. The first-order valence-electron chi connectivity index (χ1n) is 6.46. The molecule has 1 aliphatic rings. The predicted octanol–water partition coefficient (Wildman–Crippen LogP) is 2.97. The molecular formula is C14H23NO3. The topological polar surface area (TPSA) is 55.4 Å². The lowest BCUT2D eigenvalue weighted by Gasteiger charge is -2.27. The van der Waals surface area contributed by atoms with Crippen molar-refractivity contribution in [1.29, 1.82) is 0 Å². The van der Waals surface area contributed by atoms with Crippen LogP contribution < -0.4 is 5.32 Å². The maximum Gasteiger partial charge on any atom is 0.407 e. The number of alkyl carbamates (subject to hydrolysis) is 1. The fraction of sp³-hybridized carbons (Fsp3) is 0.714. The van der Waals surface area contributed by atoms with Crippen LogP contribution in [0.2, 0.25) is 0 Å². The third-order valence-corrected chi connectivity index (χ3v) is 2.76. The molecule has 1 aliphatic carbocycles. The van der Waals surface area contributed by atoms with Gasteiger partial charge in [0.05, 0.1) is 0 Å². The Labute approximate surface area is 109 Å². The molecule has 0 saturated heterocycles. The average Bonchev–Trinajstić information content (AvgIpc) is 2.17. The van der Waals surface area contributed by atoms with Crippen molar-refractivity contribution in [3.8, 4) is 0 Å². The summed E-state index contributed by atoms with van der Waals surface area (Å²) < 4.78 is 5.21. The van der Waals surface area contributed by atoms with Crippen molar-refractivity contribution >= 4 is 11.9 Å². The summed E-state index contributed by atoms with van der Waals surface area (Å²) in [5.41, 5.74) is 0.725. The van der Waals surface area contributed by atoms with Gasteiger partial charge < -0.3 is 10.1 Å². The molecule has 0 unspecified atom stereocenters. The number of nitrogens with one attached hydrogen (secondary N) is 1. The number of hydrogen-bond acceptors (Lipinski definition) is 3. The summed E-state index contributed by atoms with van der Waals surface area (Å²) in [4.78, 5) is 22.5. The standard InChI is InChI=1S/C14H23NO3/c1-10(16)9-11-5-7-12(8-6-11)15-13(17)18-14(2,3)4/h9,12H,5-8H2,1-4H3,(H,15,17). The largest absolute Gasteiger partial charge is 0.444 e. The second-order valence-electron chi connectivity index (χ2n) is 5.83. The Morgan fingerprint density at radius 1 is 1.28 bits per heavy atom. The van der Waals surface area contributed by atoms with Gasteiger partial charge in [-0.25, -0.2) is 4.79 Å². The molecule has 1 fully saturated rings. The molecule has 0 aromatic rings. The van der Waals surface area contributed by atoms with Crippen molar-refractivity contribution in [2.45, 2.75) is 65.0 Å². The van der Waals surface area contributed by atoms with Crippen molar-refractivity contribution in [3.05, 3.63) is 11.6 Å². The molecule has 1 N–H and O–H groups in total. The average molecular weight is 253 g/mol. The van der Waals surface area contributed by atoms with Gasteiger partial charge in [0.1, 0.15) is 5.60 Å². The molecule has 0 heterocycles. The van der Waals surface area contributed by atoms with Gasteiger partial charge in [0.25, 0.3) is 0 Å². The maximum atomic E-state index is 11.6. The SMILES string of the molecule is CC(=O)C=C1CCC(NC(=O)OC(C)(C)C)CC1. The number of amides is 1. The van der Waals surface area contributed by atoms with Gasteiger partial charge in [-0.15, -0.1) is 0 Å². The number of carbonyl (C=O) groups is 2. The number of carbonyl (C=O) groups excluding carboxylic acids is 2. The van der Waals surface area contributed by atoms with E-state index in [4.69, 9.17) is 4.74 Å². The van der Waals surface area contributed by atoms with Crippen LogP contribution in [0.15, 0.2) is 11.6 Å². The summed E-state index contributed by atoms with van der Waals surface area (Å²) in [6.07, 6.45) is 4.85. The Morgan fingerprint density at radius 2 is 1.83 bits per heavy atom. The minimum Gasteiger partial charge on any atom is -0.444 e. The summed E-state index contributed by atoms with van der Waals surface area (Å²) >= 11 is 0. The zero-order chi connectivity index (χ0) is 13.8. The van der Waals surface area contributed by atoms with Crippen LogP contribution in [0.25, 0.3) is 0 Å². The zero-order valence-corrected chi connectivity index (χ0v) is 11.7. The third-order valence-electron chi connectivity index (χ3n) is 2.76. The molecule has 1 saturated carbocycles. The highest BCUT2D eigenvalue weighted by Crippen LogP contribution is 2.23. The first-order valence-corrected chi connectivity index (χ1v) is 6.46. The fourth-order valence-electron chi connectivity index (χ4n) is 2.04. The zero-order valence-electron chi connectivity index (χ0n) is 11.7. The van der Waals surface area contributed by atoms with E-state index in [1.807, 2.05) is 20.8 Å². The highest BCUT2D eigenvalue weighted by molar-refractivity contribution is 5.87. The van der Waals surface area contributed by atoms with Gasteiger partial charge in [0, 0.05) is 6.04 Å². The van der Waals surface area contributed by atoms with Gasteiger partial charge in [-0.05, 0) is 59.5 Å². The van der Waals surface area contributed by atoms with E-state index in [1.165, 1.54) is 5.57 Å². The molecule has 0 spiro atoms. The van der Waals surface area contributed by atoms with E-state index in [0.29, 0.717) is 0 Å². The van der Waals surface area contributed by atoms with Crippen molar-refractivity contribution in [2.75, 3.05) is 0 Å². The lowest BCUT2D eigenvalue weighted by molar-refractivity contribution is -0.112. The molecule has 0 radical (unpaired) electrons. The Hall–Kier alpha value is -1.32. The Balaban J connectivity index is 2.36. The normalized spacial score (nSPS) is 20.2. The number of hydrogen-bond donors (Lipinski definition) is 1. The van der Waals surface area contributed by atoms with Crippen LogP contribution in [-0.4, -0.2) is 23.5 Å².